The lowest BCUT2D eigenvalue weighted by Gasteiger charge is -2.33. The largest absolute Gasteiger partial charge is 0.457 e. The summed E-state index contributed by atoms with van der Waals surface area (Å²) in [5.41, 5.74) is 3.45. The molecule has 1 amide bonds. The number of esters is 1. The van der Waals surface area contributed by atoms with E-state index in [1.54, 1.807) is 4.90 Å². The fourth-order valence-corrected chi connectivity index (χ4v) is 3.61. The molecule has 2 heterocycles. The quantitative estimate of drug-likeness (QED) is 0.733. The van der Waals surface area contributed by atoms with Gasteiger partial charge in [-0.05, 0) is 24.1 Å². The highest BCUT2D eigenvalue weighted by Gasteiger charge is 2.24. The fourth-order valence-electron chi connectivity index (χ4n) is 3.61. The van der Waals surface area contributed by atoms with E-state index in [1.165, 1.54) is 0 Å². The molecule has 4 rings (SSSR count). The van der Waals surface area contributed by atoms with Crippen LogP contribution in [-0.2, 0) is 22.7 Å². The fraction of sp³-hybridized carbons (Fsp3) is 0.364. The van der Waals surface area contributed by atoms with Gasteiger partial charge in [0.1, 0.15) is 13.2 Å². The summed E-state index contributed by atoms with van der Waals surface area (Å²) in [5, 5.41) is 6.80. The second-order valence-corrected chi connectivity index (χ2v) is 7.30. The van der Waals surface area contributed by atoms with Crippen LogP contribution in [0, 0.1) is 0 Å². The van der Waals surface area contributed by atoms with Crippen molar-refractivity contribution in [3.8, 4) is 0 Å². The molecule has 0 bridgehead atoms. The summed E-state index contributed by atoms with van der Waals surface area (Å²) >= 11 is 0. The van der Waals surface area contributed by atoms with Crippen LogP contribution in [-0.4, -0.2) is 49.2 Å². The molecule has 2 aliphatic rings. The van der Waals surface area contributed by atoms with Crippen molar-refractivity contribution in [1.82, 2.24) is 10.2 Å². The number of hydrogen-bond acceptors (Lipinski definition) is 6. The van der Waals surface area contributed by atoms with Gasteiger partial charge in [-0.3, -0.25) is 0 Å². The van der Waals surface area contributed by atoms with Crippen LogP contribution in [0.1, 0.15) is 27.9 Å². The van der Waals surface area contributed by atoms with Gasteiger partial charge in [0.25, 0.3) is 0 Å². The van der Waals surface area contributed by atoms with Gasteiger partial charge in [0.2, 0.25) is 0 Å². The molecular formula is C22H25N3O4. The van der Waals surface area contributed by atoms with Crippen molar-refractivity contribution < 1.29 is 19.1 Å². The van der Waals surface area contributed by atoms with E-state index in [1.807, 2.05) is 48.5 Å². The van der Waals surface area contributed by atoms with Crippen LogP contribution >= 0.6 is 0 Å². The number of amides is 1. The number of rotatable bonds is 6. The van der Waals surface area contributed by atoms with Crippen LogP contribution in [0.3, 0.4) is 0 Å². The molecule has 1 fully saturated rings. The monoisotopic (exact) mass is 395 g/mol. The van der Waals surface area contributed by atoms with E-state index in [0.29, 0.717) is 25.3 Å². The Morgan fingerprint density at radius 2 is 2.10 bits per heavy atom. The molecule has 29 heavy (non-hydrogen) atoms. The van der Waals surface area contributed by atoms with Crippen LogP contribution in [0.2, 0.25) is 0 Å². The van der Waals surface area contributed by atoms with E-state index in [4.69, 9.17) is 9.47 Å². The van der Waals surface area contributed by atoms with Gasteiger partial charge in [0, 0.05) is 43.5 Å². The Balaban J connectivity index is 1.22. The number of cyclic esters (lactones) is 1. The number of benzene rings is 2. The molecule has 0 radical (unpaired) electrons. The first-order chi connectivity index (χ1) is 14.2. The maximum atomic E-state index is 12.4. The Hall–Kier alpha value is -3.06. The number of carbonyl (C=O) groups excluding carboxylic acids is 2. The Morgan fingerprint density at radius 1 is 1.24 bits per heavy atom. The summed E-state index contributed by atoms with van der Waals surface area (Å²) in [6.07, 6.45) is 0.578. The second-order valence-electron chi connectivity index (χ2n) is 7.30. The number of anilines is 1. The van der Waals surface area contributed by atoms with E-state index >= 15 is 0 Å². The molecule has 7 nitrogen and oxygen atoms in total. The molecule has 1 atom stereocenters. The van der Waals surface area contributed by atoms with Crippen LogP contribution in [0.5, 0.6) is 0 Å². The van der Waals surface area contributed by atoms with Gasteiger partial charge in [0.15, 0.2) is 0 Å². The van der Waals surface area contributed by atoms with E-state index in [9.17, 15) is 9.59 Å². The zero-order valence-corrected chi connectivity index (χ0v) is 16.2. The minimum absolute atomic E-state index is 0.194. The Morgan fingerprint density at radius 3 is 2.97 bits per heavy atom. The number of nitrogens with one attached hydrogen (secondary N) is 2. The number of carbonyl (C=O) groups is 2. The number of hydrogen-bond donors (Lipinski definition) is 2. The summed E-state index contributed by atoms with van der Waals surface area (Å²) in [5.74, 6) is -0.262. The van der Waals surface area contributed by atoms with Crippen molar-refractivity contribution >= 4 is 17.7 Å². The lowest BCUT2D eigenvalue weighted by atomic mass is 10.1. The summed E-state index contributed by atoms with van der Waals surface area (Å²) in [6.45, 7) is 3.39. The lowest BCUT2D eigenvalue weighted by molar-refractivity contribution is 0.0535. The molecule has 2 aromatic rings. The molecule has 0 saturated carbocycles. The van der Waals surface area contributed by atoms with Crippen molar-refractivity contribution in [2.45, 2.75) is 25.7 Å². The zero-order valence-electron chi connectivity index (χ0n) is 16.2. The minimum atomic E-state index is -0.273. The molecule has 1 saturated heterocycles. The molecule has 0 spiro atoms. The third kappa shape index (κ3) is 4.86. The summed E-state index contributed by atoms with van der Waals surface area (Å²) in [7, 11) is 0. The van der Waals surface area contributed by atoms with E-state index in [0.717, 1.165) is 36.3 Å². The third-order valence-electron chi connectivity index (χ3n) is 5.23. The highest BCUT2D eigenvalue weighted by molar-refractivity contribution is 5.94. The standard InChI is InChI=1S/C22H25N3O4/c26-21-20-12-18(7-6-17(20)15-28-21)23-9-8-19-13-25(11-10-24-19)22(27)29-14-16-4-2-1-3-5-16/h1-7,12,19,23-24H,8-11,13-15H2/t19-/m1/s1. The molecule has 0 unspecified atom stereocenters. The first-order valence-corrected chi connectivity index (χ1v) is 9.92. The molecule has 152 valence electrons. The predicted octanol–water partition coefficient (Wildman–Crippen LogP) is 2.77. The summed E-state index contributed by atoms with van der Waals surface area (Å²) in [6, 6.07) is 15.6. The predicted molar refractivity (Wildman–Crippen MR) is 109 cm³/mol. The van der Waals surface area contributed by atoms with Crippen molar-refractivity contribution in [2.75, 3.05) is 31.5 Å². The lowest BCUT2D eigenvalue weighted by Crippen LogP contribution is -2.53. The van der Waals surface area contributed by atoms with Gasteiger partial charge in [0.05, 0.1) is 5.56 Å². The number of nitrogens with zero attached hydrogens (tertiary/aromatic N) is 1. The number of piperazine rings is 1. The normalized spacial score (nSPS) is 18.1. The van der Waals surface area contributed by atoms with Crippen LogP contribution < -0.4 is 10.6 Å². The van der Waals surface area contributed by atoms with Gasteiger partial charge < -0.3 is 25.0 Å². The van der Waals surface area contributed by atoms with Crippen LogP contribution in [0.4, 0.5) is 10.5 Å². The third-order valence-corrected chi connectivity index (χ3v) is 5.23. The molecule has 2 aromatic carbocycles. The molecule has 0 aliphatic carbocycles. The van der Waals surface area contributed by atoms with Crippen molar-refractivity contribution in [1.29, 1.82) is 0 Å². The molecule has 2 N–H and O–H groups in total. The molecular weight excluding hydrogens is 370 g/mol. The highest BCUT2D eigenvalue weighted by Crippen LogP contribution is 2.23. The molecule has 0 aromatic heterocycles. The van der Waals surface area contributed by atoms with Gasteiger partial charge in [-0.2, -0.15) is 0 Å². The van der Waals surface area contributed by atoms with E-state index in [2.05, 4.69) is 10.6 Å². The minimum Gasteiger partial charge on any atom is -0.457 e. The highest BCUT2D eigenvalue weighted by atomic mass is 16.6. The second kappa shape index (κ2) is 8.96. The van der Waals surface area contributed by atoms with Crippen molar-refractivity contribution in [3.05, 3.63) is 65.2 Å². The zero-order chi connectivity index (χ0) is 20.1. The van der Waals surface area contributed by atoms with Crippen LogP contribution in [0.25, 0.3) is 0 Å². The summed E-state index contributed by atoms with van der Waals surface area (Å²) < 4.78 is 10.5. The van der Waals surface area contributed by atoms with Gasteiger partial charge in [-0.1, -0.05) is 36.4 Å². The number of ether oxygens (including phenoxy) is 2. The van der Waals surface area contributed by atoms with Crippen molar-refractivity contribution in [2.24, 2.45) is 0 Å². The number of fused-ring (bicyclic) bond motifs is 1. The van der Waals surface area contributed by atoms with E-state index in [-0.39, 0.29) is 24.7 Å². The SMILES string of the molecule is O=C1OCc2ccc(NCC[C@@H]3CN(C(=O)OCc4ccccc4)CCN3)cc21. The average molecular weight is 395 g/mol. The average Bonchev–Trinajstić information content (AvgIpc) is 3.13. The van der Waals surface area contributed by atoms with Gasteiger partial charge in [-0.25, -0.2) is 9.59 Å². The molecule has 2 aliphatic heterocycles. The Labute approximate surface area is 170 Å². The van der Waals surface area contributed by atoms with Gasteiger partial charge in [-0.15, -0.1) is 0 Å². The maximum Gasteiger partial charge on any atom is 0.410 e. The smallest absolute Gasteiger partial charge is 0.410 e. The summed E-state index contributed by atoms with van der Waals surface area (Å²) in [4.78, 5) is 25.8. The topological polar surface area (TPSA) is 79.9 Å². The maximum absolute atomic E-state index is 12.4. The van der Waals surface area contributed by atoms with Crippen molar-refractivity contribution in [3.63, 3.8) is 0 Å². The molecule has 7 heteroatoms. The van der Waals surface area contributed by atoms with E-state index < -0.39 is 0 Å². The van der Waals surface area contributed by atoms with Crippen LogP contribution in [0.15, 0.2) is 48.5 Å². The van der Waals surface area contributed by atoms with Gasteiger partial charge >= 0.3 is 12.1 Å². The first kappa shape index (κ1) is 19.3. The Bertz CT molecular complexity index is 872. The Kier molecular flexibility index (Phi) is 5.95. The first-order valence-electron chi connectivity index (χ1n) is 9.92.